The van der Waals surface area contributed by atoms with E-state index in [0.717, 1.165) is 44.5 Å². The minimum atomic E-state index is -0.634. The smallest absolute Gasteiger partial charge is 0.508 e. The molecule has 0 radical (unpaired) electrons. The number of aromatic nitrogens is 2. The van der Waals surface area contributed by atoms with E-state index < -0.39 is 11.1 Å². The fourth-order valence-electron chi connectivity index (χ4n) is 6.55. The first-order valence-electron chi connectivity index (χ1n) is 15.5. The summed E-state index contributed by atoms with van der Waals surface area (Å²) in [4.78, 5) is 9.99. The van der Waals surface area contributed by atoms with Crippen LogP contribution in [0.15, 0.2) is 96.1 Å². The molecule has 0 saturated carbocycles. The van der Waals surface area contributed by atoms with Gasteiger partial charge in [-0.3, -0.25) is 4.99 Å². The minimum absolute atomic E-state index is 0. The number of hydrogen-bond donors (Lipinski definition) is 0. The van der Waals surface area contributed by atoms with E-state index in [1.165, 1.54) is 10.9 Å². The van der Waals surface area contributed by atoms with Gasteiger partial charge in [0, 0.05) is 28.5 Å². The van der Waals surface area contributed by atoms with E-state index in [1.807, 2.05) is 30.5 Å². The summed E-state index contributed by atoms with van der Waals surface area (Å²) in [5, 5.41) is 2.28. The third-order valence-corrected chi connectivity index (χ3v) is 9.39. The number of benzene rings is 4. The van der Waals surface area contributed by atoms with Crippen LogP contribution in [-0.4, -0.2) is 21.0 Å². The minimum Gasteiger partial charge on any atom is -0.508 e. The second-order valence-corrected chi connectivity index (χ2v) is 12.9. The van der Waals surface area contributed by atoms with Crippen molar-refractivity contribution < 1.29 is 30.5 Å². The van der Waals surface area contributed by atoms with Crippen molar-refractivity contribution in [2.45, 2.75) is 59.6 Å². The third-order valence-electron chi connectivity index (χ3n) is 9.39. The number of fused-ring (bicyclic) bond motifs is 3. The molecule has 1 aliphatic heterocycles. The van der Waals surface area contributed by atoms with Crippen molar-refractivity contribution in [2.75, 3.05) is 0 Å². The van der Waals surface area contributed by atoms with Gasteiger partial charge in [0.25, 0.3) is 0 Å². The van der Waals surface area contributed by atoms with Crippen LogP contribution < -0.4 is 4.74 Å². The molecule has 0 amide bonds. The normalized spacial score (nSPS) is 19.3. The number of nitrogens with zero attached hydrogens (tertiary/aromatic N) is 3. The molecule has 3 heterocycles. The Labute approximate surface area is 285 Å². The summed E-state index contributed by atoms with van der Waals surface area (Å²) in [5.41, 5.74) is 6.89. The van der Waals surface area contributed by atoms with E-state index >= 15 is 0 Å². The van der Waals surface area contributed by atoms with Crippen LogP contribution in [0.2, 0.25) is 0 Å². The second-order valence-electron chi connectivity index (χ2n) is 12.9. The Hall–Kier alpha value is -4.21. The van der Waals surface area contributed by atoms with Gasteiger partial charge in [-0.25, -0.2) is 4.98 Å². The van der Waals surface area contributed by atoms with Crippen LogP contribution in [0.4, 0.5) is 0 Å². The molecule has 2 aromatic heterocycles. The molecule has 6 heteroatoms. The molecule has 0 N–H and O–H groups in total. The van der Waals surface area contributed by atoms with E-state index in [4.69, 9.17) is 19.5 Å². The van der Waals surface area contributed by atoms with Crippen LogP contribution in [-0.2, 0) is 31.4 Å². The average Bonchev–Trinajstić information content (AvgIpc) is 3.49. The third kappa shape index (κ3) is 5.25. The molecule has 7 rings (SSSR count). The maximum Gasteiger partial charge on any atom is 2.00 e. The van der Waals surface area contributed by atoms with E-state index in [1.54, 1.807) is 0 Å². The zero-order chi connectivity index (χ0) is 31.5. The van der Waals surface area contributed by atoms with Crippen LogP contribution in [0.1, 0.15) is 55.5 Å². The Morgan fingerprint density at radius 2 is 1.50 bits per heavy atom. The fraction of sp³-hybridized carbons (Fsp3) is 0.250. The van der Waals surface area contributed by atoms with Crippen LogP contribution in [0, 0.1) is 38.8 Å². The molecule has 0 fully saturated rings. The van der Waals surface area contributed by atoms with Gasteiger partial charge in [0.15, 0.2) is 0 Å². The summed E-state index contributed by atoms with van der Waals surface area (Å²) in [6.45, 7) is 15.0. The number of ether oxygens (including phenoxy) is 2. The molecule has 46 heavy (non-hydrogen) atoms. The Kier molecular flexibility index (Phi) is 8.19. The van der Waals surface area contributed by atoms with Gasteiger partial charge in [0.2, 0.25) is 0 Å². The van der Waals surface area contributed by atoms with Crippen LogP contribution in [0.25, 0.3) is 27.6 Å². The molecule has 5 nitrogen and oxygen atoms in total. The van der Waals surface area contributed by atoms with E-state index in [2.05, 4.69) is 126 Å². The Morgan fingerprint density at radius 1 is 0.783 bits per heavy atom. The largest absolute Gasteiger partial charge is 2.00 e. The van der Waals surface area contributed by atoms with Crippen molar-refractivity contribution in [1.29, 1.82) is 0 Å². The average molecular weight is 787 g/mol. The van der Waals surface area contributed by atoms with Gasteiger partial charge >= 0.3 is 21.1 Å². The van der Waals surface area contributed by atoms with E-state index in [9.17, 15) is 0 Å². The number of pyridine rings is 1. The number of hydrogen-bond acceptors (Lipinski definition) is 4. The zero-order valence-corrected chi connectivity index (χ0v) is 29.5. The number of aryl methyl sites for hydroxylation is 3. The summed E-state index contributed by atoms with van der Waals surface area (Å²) in [7, 11) is 0. The van der Waals surface area contributed by atoms with Crippen LogP contribution in [0.5, 0.6) is 11.5 Å². The quantitative estimate of drug-likeness (QED) is 0.158. The van der Waals surface area contributed by atoms with Gasteiger partial charge in [0.1, 0.15) is 17.1 Å². The van der Waals surface area contributed by atoms with Crippen LogP contribution >= 0.6 is 0 Å². The van der Waals surface area contributed by atoms with Crippen molar-refractivity contribution in [2.24, 2.45) is 10.9 Å². The van der Waals surface area contributed by atoms with Crippen molar-refractivity contribution >= 4 is 27.8 Å². The Morgan fingerprint density at radius 3 is 2.24 bits per heavy atom. The summed E-state index contributed by atoms with van der Waals surface area (Å²) in [5.74, 6) is 2.00. The molecule has 234 valence electrons. The molecule has 0 bridgehead atoms. The van der Waals surface area contributed by atoms with Crippen LogP contribution in [0.3, 0.4) is 0 Å². The van der Waals surface area contributed by atoms with Gasteiger partial charge in [-0.2, -0.15) is 5.56 Å². The second kappa shape index (κ2) is 11.9. The maximum atomic E-state index is 6.78. The fourth-order valence-corrected chi connectivity index (χ4v) is 6.55. The first-order chi connectivity index (χ1) is 21.6. The predicted octanol–water partition coefficient (Wildman–Crippen LogP) is 9.60. The molecule has 0 aliphatic carbocycles. The summed E-state index contributed by atoms with van der Waals surface area (Å²) < 4.78 is 15.4. The van der Waals surface area contributed by atoms with Gasteiger partial charge < -0.3 is 14.0 Å². The standard InChI is InChI=1S/C40H37N3O2.Pt/c1-25(2)39(6)40(7,30-12-9-8-10-13-30)45-38(42-39)29-18-27(4)20-32(23-29)44-33-21-28(5)19-31(24-33)43-36-16-15-26(3)22-35(36)34-14-11-17-41-37(34)43;/h8-22,25H,1-7H3;/q-2;+2/t39-,40-;/m1./s1. The van der Waals surface area contributed by atoms with Crippen molar-refractivity contribution in [3.05, 3.63) is 131 Å². The summed E-state index contributed by atoms with van der Waals surface area (Å²) >= 11 is 0. The topological polar surface area (TPSA) is 48.6 Å². The molecular formula is C40H37N3O2Pt. The van der Waals surface area contributed by atoms with E-state index in [-0.39, 0.29) is 27.0 Å². The molecule has 1 aliphatic rings. The Bertz CT molecular complexity index is 2120. The maximum absolute atomic E-state index is 6.78. The first-order valence-corrected chi connectivity index (χ1v) is 15.5. The van der Waals surface area contributed by atoms with Crippen molar-refractivity contribution in [3.63, 3.8) is 0 Å². The molecule has 0 spiro atoms. The van der Waals surface area contributed by atoms with Gasteiger partial charge in [-0.15, -0.1) is 29.8 Å². The van der Waals surface area contributed by atoms with Crippen molar-refractivity contribution in [1.82, 2.24) is 9.55 Å². The number of rotatable bonds is 6. The summed E-state index contributed by atoms with van der Waals surface area (Å²) in [6.07, 6.45) is 1.84. The van der Waals surface area contributed by atoms with Gasteiger partial charge in [0.05, 0.1) is 11.1 Å². The van der Waals surface area contributed by atoms with Gasteiger partial charge in [-0.05, 0) is 56.5 Å². The molecule has 4 aromatic carbocycles. The molecule has 6 aromatic rings. The monoisotopic (exact) mass is 786 g/mol. The van der Waals surface area contributed by atoms with Crippen molar-refractivity contribution in [3.8, 4) is 17.2 Å². The zero-order valence-electron chi connectivity index (χ0n) is 27.2. The Balaban J connectivity index is 0.00000372. The van der Waals surface area contributed by atoms with E-state index in [0.29, 0.717) is 17.4 Å². The number of aliphatic imine (C=N–C) groups is 1. The SMILES string of the molecule is Cc1cc(Oc2[c-]c(-n3c4ccc(C)cc4c4cccnc43)cc(C)c2)[c-]c(C2=N[C@](C)(C(C)C)[C@@](C)(c3ccccc3)O2)c1.[Pt+2]. The first kappa shape index (κ1) is 31.8. The molecular weight excluding hydrogens is 750 g/mol. The molecule has 0 unspecified atom stereocenters. The van der Waals surface area contributed by atoms with Gasteiger partial charge in [-0.1, -0.05) is 93.0 Å². The molecule has 2 atom stereocenters. The molecule has 0 saturated heterocycles. The predicted molar refractivity (Wildman–Crippen MR) is 182 cm³/mol. The summed E-state index contributed by atoms with van der Waals surface area (Å²) in [6, 6.07) is 36.1.